The quantitative estimate of drug-likeness (QED) is 0.202. The molecule has 2 aliphatic heterocycles. The molecule has 0 radical (unpaired) electrons. The monoisotopic (exact) mass is 626 g/mol. The van der Waals surface area contributed by atoms with E-state index in [2.05, 4.69) is 0 Å². The van der Waals surface area contributed by atoms with Crippen LogP contribution in [0.2, 0.25) is 0 Å². The van der Waals surface area contributed by atoms with E-state index in [4.69, 9.17) is 28.4 Å². The van der Waals surface area contributed by atoms with Crippen molar-refractivity contribution < 1.29 is 38.6 Å². The molecule has 2 saturated heterocycles. The molecular formula is C38H42O8. The number of benzene rings is 4. The molecular weight excluding hydrogens is 584 g/mol. The first-order valence-corrected chi connectivity index (χ1v) is 15.6. The predicted molar refractivity (Wildman–Crippen MR) is 175 cm³/mol. The number of aryl methyl sites for hydroxylation is 8. The van der Waals surface area contributed by atoms with E-state index in [1.165, 1.54) is 0 Å². The molecule has 0 amide bonds. The summed E-state index contributed by atoms with van der Waals surface area (Å²) in [6.45, 7) is 16.2. The van der Waals surface area contributed by atoms with Crippen molar-refractivity contribution in [1.82, 2.24) is 0 Å². The second-order valence-corrected chi connectivity index (χ2v) is 12.7. The van der Waals surface area contributed by atoms with Gasteiger partial charge in [-0.2, -0.15) is 0 Å². The number of phenols is 2. The molecule has 8 heteroatoms. The minimum Gasteiger partial charge on any atom is -0.507 e. The average Bonchev–Trinajstić information content (AvgIpc) is 3.57. The number of phenolic OH excluding ortho intramolecular Hbond substituents is 2. The van der Waals surface area contributed by atoms with Crippen LogP contribution in [0, 0.1) is 55.4 Å². The van der Waals surface area contributed by atoms with E-state index in [0.29, 0.717) is 24.7 Å². The normalized spacial score (nSPS) is 20.4. The molecule has 4 atom stereocenters. The van der Waals surface area contributed by atoms with Crippen LogP contribution in [-0.4, -0.2) is 47.8 Å². The highest BCUT2D eigenvalue weighted by molar-refractivity contribution is 5.52. The Kier molecular flexibility index (Phi) is 8.53. The van der Waals surface area contributed by atoms with E-state index in [-0.39, 0.29) is 35.9 Å². The Morgan fingerprint density at radius 2 is 0.739 bits per heavy atom. The molecule has 46 heavy (non-hydrogen) atoms. The second-order valence-electron chi connectivity index (χ2n) is 12.7. The summed E-state index contributed by atoms with van der Waals surface area (Å²) in [5, 5.41) is 20.2. The SMILES string of the molecule is Cc1cc(Oc2c(C)cc(OC3COC4C(Oc5cc(C)c(Oc6cc(C)c(O)c(C)c6)c(C)c5)COC34)cc2C)cc(C)c1O. The number of rotatable bonds is 8. The van der Waals surface area contributed by atoms with E-state index in [1.54, 1.807) is 0 Å². The first-order chi connectivity index (χ1) is 21.9. The highest BCUT2D eigenvalue weighted by Crippen LogP contribution is 2.39. The third kappa shape index (κ3) is 6.19. The van der Waals surface area contributed by atoms with Gasteiger partial charge in [-0.05, 0) is 148 Å². The number of aromatic hydroxyl groups is 2. The molecule has 4 aromatic rings. The molecule has 242 valence electrons. The summed E-state index contributed by atoms with van der Waals surface area (Å²) >= 11 is 0. The molecule has 0 aromatic heterocycles. The molecule has 2 heterocycles. The first-order valence-electron chi connectivity index (χ1n) is 15.6. The Balaban J connectivity index is 1.10. The lowest BCUT2D eigenvalue weighted by atomic mass is 10.1. The van der Waals surface area contributed by atoms with Gasteiger partial charge in [0.25, 0.3) is 0 Å². The van der Waals surface area contributed by atoms with E-state index in [9.17, 15) is 10.2 Å². The molecule has 2 fully saturated rings. The van der Waals surface area contributed by atoms with E-state index >= 15 is 0 Å². The zero-order valence-corrected chi connectivity index (χ0v) is 27.7. The summed E-state index contributed by atoms with van der Waals surface area (Å²) < 4.78 is 37.7. The van der Waals surface area contributed by atoms with Crippen molar-refractivity contribution in [3.05, 3.63) is 93.0 Å². The predicted octanol–water partition coefficient (Wildman–Crippen LogP) is 8.14. The number of hydrogen-bond acceptors (Lipinski definition) is 8. The lowest BCUT2D eigenvalue weighted by Crippen LogP contribution is -2.36. The molecule has 2 N–H and O–H groups in total. The summed E-state index contributed by atoms with van der Waals surface area (Å²) in [7, 11) is 0. The molecule has 0 bridgehead atoms. The topological polar surface area (TPSA) is 95.8 Å². The van der Waals surface area contributed by atoms with Gasteiger partial charge in [0, 0.05) is 0 Å². The van der Waals surface area contributed by atoms with Gasteiger partial charge in [-0.25, -0.2) is 0 Å². The summed E-state index contributed by atoms with van der Waals surface area (Å²) in [5.41, 5.74) is 6.85. The number of fused-ring (bicyclic) bond motifs is 1. The fourth-order valence-electron chi connectivity index (χ4n) is 6.45. The standard InChI is InChI=1S/C38H42O8/c1-19-9-29(10-20(2)33(19)39)45-35-23(5)13-27(14-24(35)6)43-31-17-41-38-32(18-42-37(31)38)44-28-15-25(7)36(26(8)16-28)46-30-11-21(3)34(40)22(4)12-30/h9-16,31-32,37-40H,17-18H2,1-8H3. The Labute approximate surface area is 270 Å². The summed E-state index contributed by atoms with van der Waals surface area (Å²) in [6, 6.07) is 15.2. The zero-order chi connectivity index (χ0) is 32.9. The van der Waals surface area contributed by atoms with Gasteiger partial charge in [-0.15, -0.1) is 0 Å². The van der Waals surface area contributed by atoms with Crippen LogP contribution in [-0.2, 0) is 9.47 Å². The third-order valence-electron chi connectivity index (χ3n) is 8.77. The third-order valence-corrected chi connectivity index (χ3v) is 8.77. The van der Waals surface area contributed by atoms with E-state index in [0.717, 1.165) is 67.5 Å². The molecule has 4 aromatic carbocycles. The van der Waals surface area contributed by atoms with Crippen LogP contribution in [0.4, 0.5) is 0 Å². The summed E-state index contributed by atoms with van der Waals surface area (Å²) in [4.78, 5) is 0. The van der Waals surface area contributed by atoms with Gasteiger partial charge in [-0.1, -0.05) is 0 Å². The Morgan fingerprint density at radius 1 is 0.457 bits per heavy atom. The molecule has 0 aliphatic carbocycles. The van der Waals surface area contributed by atoms with Crippen LogP contribution < -0.4 is 18.9 Å². The molecule has 8 nitrogen and oxygen atoms in total. The van der Waals surface area contributed by atoms with Crippen molar-refractivity contribution in [2.75, 3.05) is 13.2 Å². The maximum atomic E-state index is 10.1. The molecule has 0 saturated carbocycles. The van der Waals surface area contributed by atoms with Crippen molar-refractivity contribution in [3.8, 4) is 46.0 Å². The molecule has 0 spiro atoms. The van der Waals surface area contributed by atoms with Crippen LogP contribution in [0.1, 0.15) is 44.5 Å². The molecule has 6 rings (SSSR count). The zero-order valence-electron chi connectivity index (χ0n) is 27.7. The minimum atomic E-state index is -0.275. The van der Waals surface area contributed by atoms with Gasteiger partial charge in [0.05, 0.1) is 13.2 Å². The maximum Gasteiger partial charge on any atom is 0.151 e. The van der Waals surface area contributed by atoms with Gasteiger partial charge >= 0.3 is 0 Å². The fraction of sp³-hybridized carbons (Fsp3) is 0.368. The van der Waals surface area contributed by atoms with Crippen LogP contribution >= 0.6 is 0 Å². The highest BCUT2D eigenvalue weighted by atomic mass is 16.6. The van der Waals surface area contributed by atoms with Crippen LogP contribution in [0.5, 0.6) is 46.0 Å². The summed E-state index contributed by atoms with van der Waals surface area (Å²) in [5.74, 6) is 4.91. The van der Waals surface area contributed by atoms with Crippen molar-refractivity contribution in [2.24, 2.45) is 0 Å². The first kappa shape index (κ1) is 31.6. The van der Waals surface area contributed by atoms with Crippen LogP contribution in [0.3, 0.4) is 0 Å². The van der Waals surface area contributed by atoms with Crippen molar-refractivity contribution >= 4 is 0 Å². The van der Waals surface area contributed by atoms with Gasteiger partial charge in [0.15, 0.2) is 12.2 Å². The van der Waals surface area contributed by atoms with E-state index < -0.39 is 0 Å². The highest BCUT2D eigenvalue weighted by Gasteiger charge is 2.50. The van der Waals surface area contributed by atoms with Crippen molar-refractivity contribution in [2.45, 2.75) is 79.8 Å². The largest absolute Gasteiger partial charge is 0.507 e. The van der Waals surface area contributed by atoms with Gasteiger partial charge in [0.2, 0.25) is 0 Å². The van der Waals surface area contributed by atoms with E-state index in [1.807, 2.05) is 104 Å². The van der Waals surface area contributed by atoms with Gasteiger partial charge < -0.3 is 38.6 Å². The smallest absolute Gasteiger partial charge is 0.151 e. The number of ether oxygens (including phenoxy) is 6. The maximum absolute atomic E-state index is 10.1. The van der Waals surface area contributed by atoms with Crippen LogP contribution in [0.15, 0.2) is 48.5 Å². The van der Waals surface area contributed by atoms with Crippen molar-refractivity contribution in [1.29, 1.82) is 0 Å². The Morgan fingerprint density at radius 3 is 1.04 bits per heavy atom. The lowest BCUT2D eigenvalue weighted by molar-refractivity contribution is 0.0180. The fourth-order valence-corrected chi connectivity index (χ4v) is 6.45. The van der Waals surface area contributed by atoms with Gasteiger partial charge in [-0.3, -0.25) is 0 Å². The molecule has 2 aliphatic rings. The average molecular weight is 627 g/mol. The van der Waals surface area contributed by atoms with Crippen LogP contribution in [0.25, 0.3) is 0 Å². The second kappa shape index (κ2) is 12.4. The Bertz CT molecular complexity index is 1570. The minimum absolute atomic E-state index is 0.254. The molecule has 4 unspecified atom stereocenters. The van der Waals surface area contributed by atoms with Crippen molar-refractivity contribution in [3.63, 3.8) is 0 Å². The lowest BCUT2D eigenvalue weighted by Gasteiger charge is -2.21. The number of hydrogen-bond donors (Lipinski definition) is 2. The van der Waals surface area contributed by atoms with Gasteiger partial charge in [0.1, 0.15) is 58.2 Å². The Hall–Kier alpha value is -4.40. The summed E-state index contributed by atoms with van der Waals surface area (Å²) in [6.07, 6.45) is -1.06.